The first-order chi connectivity index (χ1) is 14.8. The molecule has 31 heavy (non-hydrogen) atoms. The van der Waals surface area contributed by atoms with Crippen LogP contribution in [0.3, 0.4) is 0 Å². The molecule has 9 nitrogen and oxygen atoms in total. The predicted octanol–water partition coefficient (Wildman–Crippen LogP) is 4.42. The number of amides is 2. The van der Waals surface area contributed by atoms with Gasteiger partial charge in [0, 0.05) is 7.05 Å². The number of benzene rings is 1. The number of hydrogen-bond acceptors (Lipinski definition) is 6. The molecule has 0 aliphatic carbocycles. The number of carbonyl (C=O) groups excluding carboxylic acids is 2. The first-order valence-electron chi connectivity index (χ1n) is 9.36. The van der Waals surface area contributed by atoms with Crippen LogP contribution in [-0.4, -0.2) is 34.1 Å². The third-order valence-electron chi connectivity index (χ3n) is 4.55. The average molecular weight is 427 g/mol. The summed E-state index contributed by atoms with van der Waals surface area (Å²) in [5, 5.41) is 9.41. The number of aromatic nitrogens is 3. The summed E-state index contributed by atoms with van der Waals surface area (Å²) < 4.78 is 24.8. The Bertz CT molecular complexity index is 1110. The summed E-state index contributed by atoms with van der Waals surface area (Å²) in [5.41, 5.74) is 2.68. The van der Waals surface area contributed by atoms with Gasteiger partial charge in [-0.1, -0.05) is 12.1 Å². The van der Waals surface area contributed by atoms with Crippen molar-refractivity contribution in [1.82, 2.24) is 14.8 Å². The van der Waals surface area contributed by atoms with Gasteiger partial charge in [0.15, 0.2) is 0 Å². The summed E-state index contributed by atoms with van der Waals surface area (Å²) in [4.78, 5) is 28.3. The average Bonchev–Trinajstić information content (AvgIpc) is 3.09. The standard InChI is InChI=1S/C21H22FN5O4/c1-12-17(25-20(28)30-4)8-9-18(24-12)16-11-23-27(3)19(16)26-21(29)31-13(2)14-6-5-7-15(22)10-14/h5-11,13H,1-4H3,(H,25,28)(H,26,29)/t13-/m1/s1. The van der Waals surface area contributed by atoms with Crippen LogP contribution >= 0.6 is 0 Å². The molecule has 2 aromatic heterocycles. The lowest BCUT2D eigenvalue weighted by molar-refractivity contribution is 0.120. The molecule has 10 heteroatoms. The van der Waals surface area contributed by atoms with Crippen molar-refractivity contribution < 1.29 is 23.5 Å². The molecule has 1 aromatic carbocycles. The van der Waals surface area contributed by atoms with Gasteiger partial charge < -0.3 is 9.47 Å². The number of carbonyl (C=O) groups is 2. The van der Waals surface area contributed by atoms with Crippen LogP contribution in [0, 0.1) is 12.7 Å². The summed E-state index contributed by atoms with van der Waals surface area (Å²) >= 11 is 0. The third kappa shape index (κ3) is 5.16. The summed E-state index contributed by atoms with van der Waals surface area (Å²) in [6, 6.07) is 9.21. The number of methoxy groups -OCH3 is 1. The fourth-order valence-electron chi connectivity index (χ4n) is 2.89. The van der Waals surface area contributed by atoms with Gasteiger partial charge in [-0.15, -0.1) is 0 Å². The van der Waals surface area contributed by atoms with E-state index >= 15 is 0 Å². The number of rotatable bonds is 5. The van der Waals surface area contributed by atoms with E-state index < -0.39 is 24.1 Å². The number of nitrogens with one attached hydrogen (secondary N) is 2. The third-order valence-corrected chi connectivity index (χ3v) is 4.55. The lowest BCUT2D eigenvalue weighted by Crippen LogP contribution is -2.18. The van der Waals surface area contributed by atoms with Crippen LogP contribution in [0.25, 0.3) is 11.3 Å². The zero-order valence-corrected chi connectivity index (χ0v) is 17.5. The molecule has 0 fully saturated rings. The highest BCUT2D eigenvalue weighted by atomic mass is 19.1. The van der Waals surface area contributed by atoms with Crippen molar-refractivity contribution in [3.05, 3.63) is 59.7 Å². The van der Waals surface area contributed by atoms with Crippen LogP contribution < -0.4 is 10.6 Å². The van der Waals surface area contributed by atoms with Gasteiger partial charge in [-0.05, 0) is 43.7 Å². The molecule has 1 atom stereocenters. The van der Waals surface area contributed by atoms with Gasteiger partial charge in [0.25, 0.3) is 0 Å². The Morgan fingerprint density at radius 3 is 2.61 bits per heavy atom. The van der Waals surface area contributed by atoms with E-state index in [1.54, 1.807) is 51.4 Å². The molecular formula is C21H22FN5O4. The molecule has 0 aliphatic heterocycles. The molecule has 0 unspecified atom stereocenters. The monoisotopic (exact) mass is 427 g/mol. The van der Waals surface area contributed by atoms with Gasteiger partial charge in [0.2, 0.25) is 0 Å². The Morgan fingerprint density at radius 2 is 1.94 bits per heavy atom. The molecule has 162 valence electrons. The van der Waals surface area contributed by atoms with E-state index in [9.17, 15) is 14.0 Å². The molecule has 2 amide bonds. The minimum absolute atomic E-state index is 0.372. The number of halogens is 1. The van der Waals surface area contributed by atoms with Gasteiger partial charge in [0.05, 0.1) is 35.9 Å². The van der Waals surface area contributed by atoms with E-state index in [1.165, 1.54) is 23.9 Å². The molecule has 3 rings (SSSR count). The van der Waals surface area contributed by atoms with Crippen LogP contribution in [0.4, 0.5) is 25.5 Å². The zero-order valence-electron chi connectivity index (χ0n) is 17.5. The van der Waals surface area contributed by atoms with Crippen LogP contribution in [0.1, 0.15) is 24.3 Å². The number of nitrogens with zero attached hydrogens (tertiary/aromatic N) is 3. The van der Waals surface area contributed by atoms with Crippen LogP contribution in [0.15, 0.2) is 42.6 Å². The Kier molecular flexibility index (Phi) is 6.49. The lowest BCUT2D eigenvalue weighted by Gasteiger charge is -2.15. The Hall–Kier alpha value is -3.95. The summed E-state index contributed by atoms with van der Waals surface area (Å²) in [5.74, 6) is -0.0362. The van der Waals surface area contributed by atoms with Gasteiger partial charge in [-0.2, -0.15) is 5.10 Å². The molecule has 0 saturated heterocycles. The van der Waals surface area contributed by atoms with Crippen molar-refractivity contribution in [2.45, 2.75) is 20.0 Å². The molecule has 2 heterocycles. The molecule has 3 aromatic rings. The number of aryl methyl sites for hydroxylation is 2. The minimum Gasteiger partial charge on any atom is -0.453 e. The molecule has 2 N–H and O–H groups in total. The normalized spacial score (nSPS) is 11.5. The van der Waals surface area contributed by atoms with Gasteiger partial charge in [-0.25, -0.2) is 14.0 Å². The molecular weight excluding hydrogens is 405 g/mol. The molecule has 0 spiro atoms. The number of pyridine rings is 1. The van der Waals surface area contributed by atoms with Crippen molar-refractivity contribution in [3.8, 4) is 11.3 Å². The van der Waals surface area contributed by atoms with E-state index in [0.717, 1.165) is 0 Å². The van der Waals surface area contributed by atoms with Crippen molar-refractivity contribution in [2.24, 2.45) is 7.05 Å². The minimum atomic E-state index is -0.720. The highest BCUT2D eigenvalue weighted by Gasteiger charge is 2.19. The maximum absolute atomic E-state index is 13.4. The largest absolute Gasteiger partial charge is 0.453 e. The maximum Gasteiger partial charge on any atom is 0.413 e. The smallest absolute Gasteiger partial charge is 0.413 e. The first kappa shape index (κ1) is 21.8. The van der Waals surface area contributed by atoms with Gasteiger partial charge in [0.1, 0.15) is 17.7 Å². The predicted molar refractivity (Wildman–Crippen MR) is 112 cm³/mol. The highest BCUT2D eigenvalue weighted by molar-refractivity contribution is 5.90. The van der Waals surface area contributed by atoms with E-state index in [4.69, 9.17) is 4.74 Å². The van der Waals surface area contributed by atoms with Crippen molar-refractivity contribution >= 4 is 23.7 Å². The number of anilines is 2. The van der Waals surface area contributed by atoms with Gasteiger partial charge in [-0.3, -0.25) is 20.3 Å². The Balaban J connectivity index is 1.77. The van der Waals surface area contributed by atoms with Crippen molar-refractivity contribution in [2.75, 3.05) is 17.7 Å². The van der Waals surface area contributed by atoms with Crippen LogP contribution in [-0.2, 0) is 16.5 Å². The first-order valence-corrected chi connectivity index (χ1v) is 9.36. The van der Waals surface area contributed by atoms with E-state index in [-0.39, 0.29) is 0 Å². The Morgan fingerprint density at radius 1 is 1.16 bits per heavy atom. The second-order valence-electron chi connectivity index (χ2n) is 6.70. The number of ether oxygens (including phenoxy) is 2. The van der Waals surface area contributed by atoms with Crippen molar-refractivity contribution in [1.29, 1.82) is 0 Å². The summed E-state index contributed by atoms with van der Waals surface area (Å²) in [6.45, 7) is 3.38. The van der Waals surface area contributed by atoms with E-state index in [0.29, 0.717) is 34.0 Å². The second-order valence-corrected chi connectivity index (χ2v) is 6.70. The maximum atomic E-state index is 13.4. The topological polar surface area (TPSA) is 107 Å². The number of hydrogen-bond donors (Lipinski definition) is 2. The molecule has 0 radical (unpaired) electrons. The SMILES string of the molecule is COC(=O)Nc1ccc(-c2cnn(C)c2NC(=O)O[C@H](C)c2cccc(F)c2)nc1C. The Labute approximate surface area is 178 Å². The summed E-state index contributed by atoms with van der Waals surface area (Å²) in [7, 11) is 2.93. The fraction of sp³-hybridized carbons (Fsp3) is 0.238. The van der Waals surface area contributed by atoms with Crippen LogP contribution in [0.5, 0.6) is 0 Å². The highest BCUT2D eigenvalue weighted by Crippen LogP contribution is 2.28. The fourth-order valence-corrected chi connectivity index (χ4v) is 2.89. The molecule has 0 aliphatic rings. The summed E-state index contributed by atoms with van der Waals surface area (Å²) in [6.07, 6.45) is -0.420. The van der Waals surface area contributed by atoms with Gasteiger partial charge >= 0.3 is 12.2 Å². The quantitative estimate of drug-likeness (QED) is 0.624. The lowest BCUT2D eigenvalue weighted by atomic mass is 10.1. The van der Waals surface area contributed by atoms with E-state index in [2.05, 4.69) is 25.5 Å². The second kappa shape index (κ2) is 9.24. The molecule has 0 saturated carbocycles. The van der Waals surface area contributed by atoms with E-state index in [1.807, 2.05) is 0 Å². The van der Waals surface area contributed by atoms with Crippen molar-refractivity contribution in [3.63, 3.8) is 0 Å². The zero-order chi connectivity index (χ0) is 22.5. The molecule has 0 bridgehead atoms. The van der Waals surface area contributed by atoms with Crippen LogP contribution in [0.2, 0.25) is 0 Å².